The smallest absolute Gasteiger partial charge is 0.337 e. The van der Waals surface area contributed by atoms with Crippen LogP contribution in [0.2, 0.25) is 0 Å². The van der Waals surface area contributed by atoms with E-state index in [1.165, 1.54) is 0 Å². The summed E-state index contributed by atoms with van der Waals surface area (Å²) in [5.41, 5.74) is 1.92. The third kappa shape index (κ3) is 2.52. The molecular weight excluding hydrogens is 216 g/mol. The van der Waals surface area contributed by atoms with Gasteiger partial charge in [0.05, 0.1) is 17.2 Å². The normalized spacial score (nSPS) is 9.82. The van der Waals surface area contributed by atoms with Crippen molar-refractivity contribution in [3.05, 3.63) is 59.4 Å². The highest BCUT2D eigenvalue weighted by Gasteiger charge is 2.04. The van der Waals surface area contributed by atoms with Crippen molar-refractivity contribution in [3.63, 3.8) is 0 Å². The monoisotopic (exact) mass is 226 g/mol. The van der Waals surface area contributed by atoms with Gasteiger partial charge >= 0.3 is 5.97 Å². The lowest BCUT2D eigenvalue weighted by Crippen LogP contribution is -1.98. The first-order valence-corrected chi connectivity index (χ1v) is 5.07. The van der Waals surface area contributed by atoms with Crippen LogP contribution in [0, 0.1) is 11.3 Å². The molecule has 0 bridgehead atoms. The molecule has 4 nitrogen and oxygen atoms in total. The molecule has 0 aliphatic heterocycles. The van der Waals surface area contributed by atoms with Crippen molar-refractivity contribution in [2.24, 2.45) is 0 Å². The number of hydrogen-bond acceptors (Lipinski definition) is 2. The number of rotatable bonds is 3. The molecule has 0 unspecified atom stereocenters. The van der Waals surface area contributed by atoms with E-state index < -0.39 is 5.97 Å². The van der Waals surface area contributed by atoms with Gasteiger partial charge < -0.3 is 9.67 Å². The standard InChI is InChI=1S/C13H10N2O2/c14-7-10-1-3-11(4-2-10)8-15-6-5-12(9-15)13(16)17/h1-6,9H,8H2,(H,16,17). The molecule has 0 saturated carbocycles. The molecule has 2 rings (SSSR count). The summed E-state index contributed by atoms with van der Waals surface area (Å²) in [7, 11) is 0. The number of carboxylic acids is 1. The van der Waals surface area contributed by atoms with Crippen molar-refractivity contribution >= 4 is 5.97 Å². The number of benzene rings is 1. The summed E-state index contributed by atoms with van der Waals surface area (Å²) < 4.78 is 1.80. The molecule has 17 heavy (non-hydrogen) atoms. The number of aromatic nitrogens is 1. The number of nitrogens with zero attached hydrogens (tertiary/aromatic N) is 2. The zero-order valence-electron chi connectivity index (χ0n) is 9.00. The van der Waals surface area contributed by atoms with E-state index >= 15 is 0 Å². The van der Waals surface area contributed by atoms with Gasteiger partial charge in [0, 0.05) is 18.9 Å². The Balaban J connectivity index is 2.14. The van der Waals surface area contributed by atoms with E-state index in [9.17, 15) is 4.79 Å². The molecule has 1 N–H and O–H groups in total. The second-order valence-corrected chi connectivity index (χ2v) is 3.69. The third-order valence-corrected chi connectivity index (χ3v) is 2.45. The van der Waals surface area contributed by atoms with Gasteiger partial charge in [-0.3, -0.25) is 0 Å². The van der Waals surface area contributed by atoms with Gasteiger partial charge in [0.2, 0.25) is 0 Å². The minimum Gasteiger partial charge on any atom is -0.478 e. The van der Waals surface area contributed by atoms with Crippen molar-refractivity contribution in [2.45, 2.75) is 6.54 Å². The molecule has 4 heteroatoms. The second-order valence-electron chi connectivity index (χ2n) is 3.69. The summed E-state index contributed by atoms with van der Waals surface area (Å²) in [6, 6.07) is 10.8. The Morgan fingerprint density at radius 3 is 2.53 bits per heavy atom. The van der Waals surface area contributed by atoms with Gasteiger partial charge in [-0.1, -0.05) is 12.1 Å². The minimum atomic E-state index is -0.927. The Kier molecular flexibility index (Phi) is 2.93. The fourth-order valence-corrected chi connectivity index (χ4v) is 1.56. The second kappa shape index (κ2) is 4.54. The van der Waals surface area contributed by atoms with Crippen LogP contribution in [0.15, 0.2) is 42.7 Å². The summed E-state index contributed by atoms with van der Waals surface area (Å²) in [5.74, 6) is -0.927. The lowest BCUT2D eigenvalue weighted by atomic mass is 10.1. The zero-order valence-corrected chi connectivity index (χ0v) is 9.00. The van der Waals surface area contributed by atoms with Crippen molar-refractivity contribution < 1.29 is 9.90 Å². The number of carboxylic acid groups (broad SMARTS) is 1. The van der Waals surface area contributed by atoms with Crippen LogP contribution < -0.4 is 0 Å². The molecule has 0 amide bonds. The van der Waals surface area contributed by atoms with Gasteiger partial charge in [-0.05, 0) is 23.8 Å². The number of carbonyl (C=O) groups is 1. The SMILES string of the molecule is N#Cc1ccc(Cn2ccc(C(=O)O)c2)cc1. The number of aromatic carboxylic acids is 1. The maximum atomic E-state index is 10.7. The summed E-state index contributed by atoms with van der Waals surface area (Å²) in [4.78, 5) is 10.7. The van der Waals surface area contributed by atoms with Gasteiger partial charge in [0.1, 0.15) is 0 Å². The average Bonchev–Trinajstić information content (AvgIpc) is 2.79. The molecule has 1 aromatic carbocycles. The molecule has 84 valence electrons. The van der Waals surface area contributed by atoms with Crippen molar-refractivity contribution in [2.75, 3.05) is 0 Å². The number of hydrogen-bond donors (Lipinski definition) is 1. The quantitative estimate of drug-likeness (QED) is 0.871. The molecule has 0 aliphatic carbocycles. The third-order valence-electron chi connectivity index (χ3n) is 2.45. The topological polar surface area (TPSA) is 66.0 Å². The Morgan fingerprint density at radius 2 is 2.00 bits per heavy atom. The summed E-state index contributed by atoms with van der Waals surface area (Å²) in [5, 5.41) is 17.4. The molecule has 0 fully saturated rings. The summed E-state index contributed by atoms with van der Waals surface area (Å²) >= 11 is 0. The van der Waals surface area contributed by atoms with Crippen molar-refractivity contribution in [1.29, 1.82) is 5.26 Å². The van der Waals surface area contributed by atoms with Crippen LogP contribution >= 0.6 is 0 Å². The summed E-state index contributed by atoms with van der Waals surface area (Å²) in [6.07, 6.45) is 3.31. The zero-order chi connectivity index (χ0) is 12.3. The van der Waals surface area contributed by atoms with E-state index in [0.717, 1.165) is 5.56 Å². The first kappa shape index (κ1) is 11.0. The Morgan fingerprint density at radius 1 is 1.29 bits per heavy atom. The van der Waals surface area contributed by atoms with Crippen LogP contribution in [0.25, 0.3) is 0 Å². The van der Waals surface area contributed by atoms with Gasteiger partial charge in [-0.25, -0.2) is 4.79 Å². The van der Waals surface area contributed by atoms with Gasteiger partial charge in [-0.2, -0.15) is 5.26 Å². The molecule has 1 heterocycles. The van der Waals surface area contributed by atoms with E-state index in [4.69, 9.17) is 10.4 Å². The van der Waals surface area contributed by atoms with Crippen LogP contribution in [0.1, 0.15) is 21.5 Å². The molecule has 0 spiro atoms. The highest BCUT2D eigenvalue weighted by Crippen LogP contribution is 2.08. The summed E-state index contributed by atoms with van der Waals surface area (Å²) in [6.45, 7) is 0.596. The van der Waals surface area contributed by atoms with Gasteiger partial charge in [0.15, 0.2) is 0 Å². The minimum absolute atomic E-state index is 0.277. The van der Waals surface area contributed by atoms with Crippen LogP contribution in [0.3, 0.4) is 0 Å². The maximum Gasteiger partial charge on any atom is 0.337 e. The van der Waals surface area contributed by atoms with Crippen LogP contribution in [-0.2, 0) is 6.54 Å². The lowest BCUT2D eigenvalue weighted by Gasteiger charge is -2.02. The molecule has 2 aromatic rings. The van der Waals surface area contributed by atoms with Gasteiger partial charge in [-0.15, -0.1) is 0 Å². The largest absolute Gasteiger partial charge is 0.478 e. The van der Waals surface area contributed by atoms with Gasteiger partial charge in [0.25, 0.3) is 0 Å². The Hall–Kier alpha value is -2.54. The predicted octanol–water partition coefficient (Wildman–Crippen LogP) is 2.11. The maximum absolute atomic E-state index is 10.7. The van der Waals surface area contributed by atoms with Crippen LogP contribution in [0.4, 0.5) is 0 Å². The molecular formula is C13H10N2O2. The fraction of sp³-hybridized carbons (Fsp3) is 0.0769. The fourth-order valence-electron chi connectivity index (χ4n) is 1.56. The average molecular weight is 226 g/mol. The molecule has 0 atom stereocenters. The Bertz CT molecular complexity index is 576. The van der Waals surface area contributed by atoms with E-state index in [2.05, 4.69) is 6.07 Å². The van der Waals surface area contributed by atoms with Crippen LogP contribution in [-0.4, -0.2) is 15.6 Å². The molecule has 0 radical (unpaired) electrons. The van der Waals surface area contributed by atoms with Crippen LogP contribution in [0.5, 0.6) is 0 Å². The van der Waals surface area contributed by atoms with Crippen molar-refractivity contribution in [3.8, 4) is 6.07 Å². The molecule has 1 aromatic heterocycles. The molecule has 0 aliphatic rings. The highest BCUT2D eigenvalue weighted by atomic mass is 16.4. The lowest BCUT2D eigenvalue weighted by molar-refractivity contribution is 0.0697. The van der Waals surface area contributed by atoms with Crippen molar-refractivity contribution in [1.82, 2.24) is 4.57 Å². The van der Waals surface area contributed by atoms with E-state index in [0.29, 0.717) is 12.1 Å². The van der Waals surface area contributed by atoms with E-state index in [1.807, 2.05) is 12.1 Å². The highest BCUT2D eigenvalue weighted by molar-refractivity contribution is 5.87. The number of nitriles is 1. The van der Waals surface area contributed by atoms with E-state index in [1.54, 1.807) is 35.2 Å². The first-order valence-electron chi connectivity index (χ1n) is 5.07. The Labute approximate surface area is 98.4 Å². The van der Waals surface area contributed by atoms with E-state index in [-0.39, 0.29) is 5.56 Å². The predicted molar refractivity (Wildman–Crippen MR) is 61.7 cm³/mol. The molecule has 0 saturated heterocycles. The first-order chi connectivity index (χ1) is 8.19.